The molecule has 132 valence electrons. The number of carbonyl (C=O) groups excluding carboxylic acids is 1. The quantitative estimate of drug-likeness (QED) is 0.789. The van der Waals surface area contributed by atoms with E-state index in [9.17, 15) is 14.3 Å². The number of carbonyl (C=O) groups is 1. The van der Waals surface area contributed by atoms with Gasteiger partial charge in [0.05, 0.1) is 18.3 Å². The van der Waals surface area contributed by atoms with Crippen LogP contribution in [0.4, 0.5) is 14.9 Å². The lowest BCUT2D eigenvalue weighted by Crippen LogP contribution is -2.40. The maximum atomic E-state index is 13.8. The van der Waals surface area contributed by atoms with Gasteiger partial charge in [0.1, 0.15) is 5.82 Å². The molecular formula is C19H21FN2O2S. The van der Waals surface area contributed by atoms with Crippen LogP contribution >= 0.6 is 11.8 Å². The number of urea groups is 1. The van der Waals surface area contributed by atoms with Crippen LogP contribution in [0.3, 0.4) is 0 Å². The predicted octanol–water partition coefficient (Wildman–Crippen LogP) is 4.11. The molecule has 1 aliphatic heterocycles. The van der Waals surface area contributed by atoms with Gasteiger partial charge in [-0.2, -0.15) is 0 Å². The number of rotatable bonds is 5. The summed E-state index contributed by atoms with van der Waals surface area (Å²) in [5.41, 5.74) is 1.34. The molecule has 1 saturated heterocycles. The molecule has 25 heavy (non-hydrogen) atoms. The highest BCUT2D eigenvalue weighted by molar-refractivity contribution is 7.98. The van der Waals surface area contributed by atoms with Gasteiger partial charge < -0.3 is 15.3 Å². The largest absolute Gasteiger partial charge is 0.394 e. The van der Waals surface area contributed by atoms with Gasteiger partial charge in [-0.25, -0.2) is 9.18 Å². The minimum Gasteiger partial charge on any atom is -0.394 e. The molecule has 3 rings (SSSR count). The smallest absolute Gasteiger partial charge is 0.322 e. The van der Waals surface area contributed by atoms with Gasteiger partial charge in [-0.15, -0.1) is 11.8 Å². The van der Waals surface area contributed by atoms with Crippen LogP contribution in [0.5, 0.6) is 0 Å². The average Bonchev–Trinajstić information content (AvgIpc) is 3.11. The van der Waals surface area contributed by atoms with Crippen molar-refractivity contribution in [3.63, 3.8) is 0 Å². The highest BCUT2D eigenvalue weighted by atomic mass is 32.2. The molecule has 6 heteroatoms. The van der Waals surface area contributed by atoms with Crippen LogP contribution in [0.1, 0.15) is 18.4 Å². The van der Waals surface area contributed by atoms with E-state index in [1.54, 1.807) is 17.0 Å². The third kappa shape index (κ3) is 4.32. The van der Waals surface area contributed by atoms with E-state index in [0.29, 0.717) is 23.5 Å². The Morgan fingerprint density at radius 1 is 1.24 bits per heavy atom. The first-order valence-electron chi connectivity index (χ1n) is 8.32. The summed E-state index contributed by atoms with van der Waals surface area (Å²) in [6.45, 7) is 0.638. The Hall–Kier alpha value is -2.05. The second-order valence-corrected chi connectivity index (χ2v) is 7.00. The zero-order chi connectivity index (χ0) is 17.6. The Kier molecular flexibility index (Phi) is 5.94. The molecule has 0 saturated carbocycles. The van der Waals surface area contributed by atoms with Crippen molar-refractivity contribution in [2.24, 2.45) is 0 Å². The number of thioether (sulfide) groups is 1. The molecule has 1 atom stereocenters. The third-order valence-electron chi connectivity index (χ3n) is 4.32. The molecule has 2 aromatic carbocycles. The van der Waals surface area contributed by atoms with Gasteiger partial charge in [0, 0.05) is 17.2 Å². The number of para-hydroxylation sites is 1. The first kappa shape index (κ1) is 17.8. The molecule has 4 nitrogen and oxygen atoms in total. The normalized spacial score (nSPS) is 16.9. The summed E-state index contributed by atoms with van der Waals surface area (Å²) < 4.78 is 13.8. The number of benzene rings is 2. The van der Waals surface area contributed by atoms with E-state index in [1.165, 1.54) is 17.8 Å². The Morgan fingerprint density at radius 3 is 2.80 bits per heavy atom. The van der Waals surface area contributed by atoms with Crippen LogP contribution in [-0.2, 0) is 5.75 Å². The second-order valence-electron chi connectivity index (χ2n) is 5.98. The summed E-state index contributed by atoms with van der Waals surface area (Å²) in [5.74, 6) is 0.266. The summed E-state index contributed by atoms with van der Waals surface area (Å²) in [6.07, 6.45) is 1.73. The number of aliphatic hydroxyl groups is 1. The fourth-order valence-corrected chi connectivity index (χ4v) is 3.94. The highest BCUT2D eigenvalue weighted by Gasteiger charge is 2.28. The SMILES string of the molecule is O=C(Nc1ccccc1SCc1ccccc1F)N1CCC[C@H]1CO. The average molecular weight is 360 g/mol. The Balaban J connectivity index is 1.68. The number of anilines is 1. The molecule has 1 heterocycles. The Bertz CT molecular complexity index is 741. The van der Waals surface area contributed by atoms with Crippen molar-refractivity contribution in [3.05, 3.63) is 59.9 Å². The number of amides is 2. The van der Waals surface area contributed by atoms with Crippen LogP contribution in [0.25, 0.3) is 0 Å². The monoisotopic (exact) mass is 360 g/mol. The molecule has 0 unspecified atom stereocenters. The molecule has 0 aromatic heterocycles. The number of nitrogens with zero attached hydrogens (tertiary/aromatic N) is 1. The summed E-state index contributed by atoms with van der Waals surface area (Å²) in [7, 11) is 0. The fraction of sp³-hybridized carbons (Fsp3) is 0.316. The molecule has 0 bridgehead atoms. The van der Waals surface area contributed by atoms with Crippen molar-refractivity contribution in [1.29, 1.82) is 0 Å². The first-order valence-corrected chi connectivity index (χ1v) is 9.31. The van der Waals surface area contributed by atoms with Crippen LogP contribution in [0.2, 0.25) is 0 Å². The summed E-state index contributed by atoms with van der Waals surface area (Å²) >= 11 is 1.48. The molecule has 1 fully saturated rings. The van der Waals surface area contributed by atoms with E-state index < -0.39 is 0 Å². The third-order valence-corrected chi connectivity index (χ3v) is 5.44. The lowest BCUT2D eigenvalue weighted by Gasteiger charge is -2.24. The van der Waals surface area contributed by atoms with E-state index in [0.717, 1.165) is 17.7 Å². The standard InChI is InChI=1S/C19H21FN2O2S/c20-16-8-2-1-6-14(16)13-25-18-10-4-3-9-17(18)21-19(24)22-11-5-7-15(22)12-23/h1-4,6,8-10,15,23H,5,7,11-13H2,(H,21,24)/t15-/m0/s1. The van der Waals surface area contributed by atoms with E-state index in [1.807, 2.05) is 30.3 Å². The molecule has 2 aromatic rings. The number of hydrogen-bond acceptors (Lipinski definition) is 3. The molecule has 0 radical (unpaired) electrons. The topological polar surface area (TPSA) is 52.6 Å². The van der Waals surface area contributed by atoms with E-state index in [4.69, 9.17) is 0 Å². The van der Waals surface area contributed by atoms with Gasteiger partial charge in [-0.1, -0.05) is 30.3 Å². The van der Waals surface area contributed by atoms with Crippen molar-refractivity contribution in [3.8, 4) is 0 Å². The van der Waals surface area contributed by atoms with Gasteiger partial charge in [-0.3, -0.25) is 0 Å². The lowest BCUT2D eigenvalue weighted by molar-refractivity contribution is 0.166. The zero-order valence-electron chi connectivity index (χ0n) is 13.8. The fourth-order valence-electron chi connectivity index (χ4n) is 2.95. The van der Waals surface area contributed by atoms with Crippen molar-refractivity contribution in [1.82, 2.24) is 4.90 Å². The molecule has 1 aliphatic rings. The van der Waals surface area contributed by atoms with Crippen LogP contribution in [-0.4, -0.2) is 35.2 Å². The summed E-state index contributed by atoms with van der Waals surface area (Å²) in [5, 5.41) is 12.3. The number of likely N-dealkylation sites (tertiary alicyclic amines) is 1. The summed E-state index contributed by atoms with van der Waals surface area (Å²) in [6, 6.07) is 13.9. The van der Waals surface area contributed by atoms with Gasteiger partial charge in [0.25, 0.3) is 0 Å². The molecule has 2 amide bonds. The van der Waals surface area contributed by atoms with Gasteiger partial charge in [-0.05, 0) is 36.6 Å². The molecule has 2 N–H and O–H groups in total. The van der Waals surface area contributed by atoms with Crippen LogP contribution in [0, 0.1) is 5.82 Å². The first-order chi connectivity index (χ1) is 12.2. The zero-order valence-corrected chi connectivity index (χ0v) is 14.6. The molecule has 0 spiro atoms. The van der Waals surface area contributed by atoms with E-state index in [2.05, 4.69) is 5.32 Å². The van der Waals surface area contributed by atoms with Gasteiger partial charge in [0.2, 0.25) is 0 Å². The maximum Gasteiger partial charge on any atom is 0.322 e. The number of halogens is 1. The second kappa shape index (κ2) is 8.36. The van der Waals surface area contributed by atoms with Crippen molar-refractivity contribution in [2.45, 2.75) is 29.5 Å². The summed E-state index contributed by atoms with van der Waals surface area (Å²) in [4.78, 5) is 15.1. The highest BCUT2D eigenvalue weighted by Crippen LogP contribution is 2.31. The lowest BCUT2D eigenvalue weighted by atomic mass is 10.2. The van der Waals surface area contributed by atoms with E-state index >= 15 is 0 Å². The predicted molar refractivity (Wildman–Crippen MR) is 98.2 cm³/mol. The number of hydrogen-bond donors (Lipinski definition) is 2. The van der Waals surface area contributed by atoms with Crippen molar-refractivity contribution < 1.29 is 14.3 Å². The van der Waals surface area contributed by atoms with Crippen molar-refractivity contribution >= 4 is 23.5 Å². The van der Waals surface area contributed by atoms with Crippen molar-refractivity contribution in [2.75, 3.05) is 18.5 Å². The number of aliphatic hydroxyl groups excluding tert-OH is 1. The minimum atomic E-state index is -0.223. The molecular weight excluding hydrogens is 339 g/mol. The van der Waals surface area contributed by atoms with Crippen LogP contribution < -0.4 is 5.32 Å². The Labute approximate surface area is 151 Å². The van der Waals surface area contributed by atoms with Gasteiger partial charge >= 0.3 is 6.03 Å². The maximum absolute atomic E-state index is 13.8. The van der Waals surface area contributed by atoms with Crippen LogP contribution in [0.15, 0.2) is 53.4 Å². The number of nitrogens with one attached hydrogen (secondary N) is 1. The van der Waals surface area contributed by atoms with E-state index in [-0.39, 0.29) is 24.5 Å². The van der Waals surface area contributed by atoms with Gasteiger partial charge in [0.15, 0.2) is 0 Å². The Morgan fingerprint density at radius 2 is 2.00 bits per heavy atom. The molecule has 0 aliphatic carbocycles. The minimum absolute atomic E-state index is 0.0168.